The summed E-state index contributed by atoms with van der Waals surface area (Å²) in [5, 5.41) is 10.7. The van der Waals surface area contributed by atoms with E-state index in [1.165, 1.54) is 0 Å². The highest BCUT2D eigenvalue weighted by atomic mass is 16.2. The van der Waals surface area contributed by atoms with Crippen LogP contribution in [0.5, 0.6) is 0 Å². The molecule has 0 saturated heterocycles. The van der Waals surface area contributed by atoms with Gasteiger partial charge in [-0.05, 0) is 37.1 Å². The van der Waals surface area contributed by atoms with Gasteiger partial charge in [0.1, 0.15) is 6.04 Å². The van der Waals surface area contributed by atoms with Crippen molar-refractivity contribution in [1.29, 1.82) is 0 Å². The summed E-state index contributed by atoms with van der Waals surface area (Å²) in [5.74, 6) is -1.15. The lowest BCUT2D eigenvalue weighted by Gasteiger charge is -2.15. The standard InChI is InChI=1S/C19H19N5O2/c1-12-7-6-10-15(11-12)24-13(2)16(22-23-24)19(26)21-17(18(20)25)14-8-4-3-5-9-14/h3-11,17H,1-2H3,(H2,20,25)(H,21,26). The molecule has 2 amide bonds. The first kappa shape index (κ1) is 17.3. The Morgan fingerprint density at radius 3 is 2.46 bits per heavy atom. The molecule has 0 radical (unpaired) electrons. The second kappa shape index (κ2) is 7.18. The minimum absolute atomic E-state index is 0.147. The molecule has 0 aliphatic rings. The fourth-order valence-corrected chi connectivity index (χ4v) is 2.71. The number of hydrogen-bond donors (Lipinski definition) is 2. The van der Waals surface area contributed by atoms with Gasteiger partial charge in [-0.1, -0.05) is 47.7 Å². The van der Waals surface area contributed by atoms with Gasteiger partial charge in [0.25, 0.3) is 5.91 Å². The van der Waals surface area contributed by atoms with E-state index >= 15 is 0 Å². The van der Waals surface area contributed by atoms with Gasteiger partial charge in [-0.3, -0.25) is 9.59 Å². The van der Waals surface area contributed by atoms with E-state index in [4.69, 9.17) is 5.73 Å². The van der Waals surface area contributed by atoms with Gasteiger partial charge in [0.05, 0.1) is 11.4 Å². The molecule has 0 bridgehead atoms. The van der Waals surface area contributed by atoms with Crippen LogP contribution in [0, 0.1) is 13.8 Å². The Hall–Kier alpha value is -3.48. The van der Waals surface area contributed by atoms with Crippen LogP contribution in [0.3, 0.4) is 0 Å². The van der Waals surface area contributed by atoms with E-state index in [-0.39, 0.29) is 5.69 Å². The summed E-state index contributed by atoms with van der Waals surface area (Å²) in [6, 6.07) is 15.6. The van der Waals surface area contributed by atoms with E-state index in [0.29, 0.717) is 11.3 Å². The van der Waals surface area contributed by atoms with Crippen LogP contribution in [0.2, 0.25) is 0 Å². The Labute approximate surface area is 150 Å². The van der Waals surface area contributed by atoms with Gasteiger partial charge < -0.3 is 11.1 Å². The van der Waals surface area contributed by atoms with Crippen molar-refractivity contribution in [2.24, 2.45) is 5.73 Å². The molecule has 0 aliphatic carbocycles. The predicted molar refractivity (Wildman–Crippen MR) is 96.7 cm³/mol. The molecule has 0 aliphatic heterocycles. The van der Waals surface area contributed by atoms with Crippen LogP contribution < -0.4 is 11.1 Å². The summed E-state index contributed by atoms with van der Waals surface area (Å²) in [4.78, 5) is 24.4. The van der Waals surface area contributed by atoms with Gasteiger partial charge >= 0.3 is 0 Å². The monoisotopic (exact) mass is 349 g/mol. The second-order valence-corrected chi connectivity index (χ2v) is 5.99. The van der Waals surface area contributed by atoms with Gasteiger partial charge in [0.2, 0.25) is 5.91 Å². The summed E-state index contributed by atoms with van der Waals surface area (Å²) in [6.45, 7) is 3.72. The van der Waals surface area contributed by atoms with Crippen LogP contribution in [-0.4, -0.2) is 26.8 Å². The second-order valence-electron chi connectivity index (χ2n) is 5.99. The first-order valence-corrected chi connectivity index (χ1v) is 8.12. The molecule has 2 aromatic carbocycles. The minimum atomic E-state index is -0.938. The van der Waals surface area contributed by atoms with Gasteiger partial charge in [-0.25, -0.2) is 4.68 Å². The van der Waals surface area contributed by atoms with Crippen molar-refractivity contribution in [2.45, 2.75) is 19.9 Å². The fourth-order valence-electron chi connectivity index (χ4n) is 2.71. The SMILES string of the molecule is Cc1cccc(-n2nnc(C(=O)NC(C(N)=O)c3ccccc3)c2C)c1. The molecule has 3 aromatic rings. The van der Waals surface area contributed by atoms with E-state index in [2.05, 4.69) is 15.6 Å². The first-order valence-electron chi connectivity index (χ1n) is 8.12. The number of nitrogens with zero attached hydrogens (tertiary/aromatic N) is 3. The fraction of sp³-hybridized carbons (Fsp3) is 0.158. The van der Waals surface area contributed by atoms with Crippen LogP contribution in [0.4, 0.5) is 0 Å². The summed E-state index contributed by atoms with van der Waals surface area (Å²) < 4.78 is 1.59. The summed E-state index contributed by atoms with van der Waals surface area (Å²) in [6.07, 6.45) is 0. The summed E-state index contributed by atoms with van der Waals surface area (Å²) >= 11 is 0. The molecule has 1 heterocycles. The quantitative estimate of drug-likeness (QED) is 0.733. The van der Waals surface area contributed by atoms with Crippen LogP contribution in [0.15, 0.2) is 54.6 Å². The van der Waals surface area contributed by atoms with Gasteiger partial charge in [0, 0.05) is 0 Å². The lowest BCUT2D eigenvalue weighted by molar-refractivity contribution is -0.120. The number of carbonyl (C=O) groups excluding carboxylic acids is 2. The highest BCUT2D eigenvalue weighted by molar-refractivity contribution is 5.96. The Morgan fingerprint density at radius 2 is 1.81 bits per heavy atom. The largest absolute Gasteiger partial charge is 0.368 e. The number of nitrogens with one attached hydrogen (secondary N) is 1. The highest BCUT2D eigenvalue weighted by Crippen LogP contribution is 2.16. The molecule has 0 saturated carbocycles. The van der Waals surface area contributed by atoms with Crippen molar-refractivity contribution in [2.75, 3.05) is 0 Å². The maximum Gasteiger partial charge on any atom is 0.274 e. The van der Waals surface area contributed by atoms with Crippen LogP contribution in [0.1, 0.15) is 33.4 Å². The van der Waals surface area contributed by atoms with Gasteiger partial charge in [-0.15, -0.1) is 5.10 Å². The van der Waals surface area contributed by atoms with E-state index < -0.39 is 17.9 Å². The van der Waals surface area contributed by atoms with Crippen molar-refractivity contribution in [3.63, 3.8) is 0 Å². The van der Waals surface area contributed by atoms with Crippen LogP contribution in [-0.2, 0) is 4.79 Å². The normalized spacial score (nSPS) is 11.8. The van der Waals surface area contributed by atoms with Crippen molar-refractivity contribution < 1.29 is 9.59 Å². The zero-order valence-electron chi connectivity index (χ0n) is 14.5. The smallest absolute Gasteiger partial charge is 0.274 e. The third kappa shape index (κ3) is 3.46. The van der Waals surface area contributed by atoms with Gasteiger partial charge in [0.15, 0.2) is 5.69 Å². The summed E-state index contributed by atoms with van der Waals surface area (Å²) in [7, 11) is 0. The average molecular weight is 349 g/mol. The lowest BCUT2D eigenvalue weighted by atomic mass is 10.1. The maximum atomic E-state index is 12.6. The Balaban J connectivity index is 1.87. The molecule has 1 aromatic heterocycles. The van der Waals surface area contributed by atoms with Crippen molar-refractivity contribution in [3.8, 4) is 5.69 Å². The van der Waals surface area contributed by atoms with Crippen molar-refractivity contribution in [1.82, 2.24) is 20.3 Å². The zero-order valence-corrected chi connectivity index (χ0v) is 14.5. The predicted octanol–water partition coefficient (Wildman–Crippen LogP) is 1.84. The van der Waals surface area contributed by atoms with Crippen LogP contribution >= 0.6 is 0 Å². The molecular weight excluding hydrogens is 330 g/mol. The molecule has 26 heavy (non-hydrogen) atoms. The molecule has 3 N–H and O–H groups in total. The number of aryl methyl sites for hydroxylation is 1. The number of rotatable bonds is 5. The maximum absolute atomic E-state index is 12.6. The third-order valence-corrected chi connectivity index (χ3v) is 4.05. The minimum Gasteiger partial charge on any atom is -0.368 e. The van der Waals surface area contributed by atoms with Crippen molar-refractivity contribution >= 4 is 11.8 Å². The number of amides is 2. The molecule has 0 fully saturated rings. The van der Waals surface area contributed by atoms with Crippen molar-refractivity contribution in [3.05, 3.63) is 77.1 Å². The third-order valence-electron chi connectivity index (χ3n) is 4.05. The molecule has 1 unspecified atom stereocenters. The van der Waals surface area contributed by atoms with Gasteiger partial charge in [-0.2, -0.15) is 0 Å². The van der Waals surface area contributed by atoms with E-state index in [0.717, 1.165) is 11.3 Å². The summed E-state index contributed by atoms with van der Waals surface area (Å²) in [5.41, 5.74) is 8.66. The topological polar surface area (TPSA) is 103 Å². The average Bonchev–Trinajstić information content (AvgIpc) is 3.01. The van der Waals surface area contributed by atoms with E-state index in [9.17, 15) is 9.59 Å². The number of benzene rings is 2. The number of aromatic nitrogens is 3. The number of hydrogen-bond acceptors (Lipinski definition) is 4. The molecule has 132 valence electrons. The Morgan fingerprint density at radius 1 is 1.08 bits per heavy atom. The lowest BCUT2D eigenvalue weighted by Crippen LogP contribution is -2.37. The molecule has 7 nitrogen and oxygen atoms in total. The van der Waals surface area contributed by atoms with E-state index in [1.807, 2.05) is 37.3 Å². The molecule has 3 rings (SSSR count). The number of nitrogens with two attached hydrogens (primary N) is 1. The molecule has 1 atom stereocenters. The first-order chi connectivity index (χ1) is 12.5. The Bertz CT molecular complexity index is 950. The number of carbonyl (C=O) groups is 2. The Kier molecular flexibility index (Phi) is 4.79. The molecule has 0 spiro atoms. The van der Waals surface area contributed by atoms with Crippen LogP contribution in [0.25, 0.3) is 5.69 Å². The zero-order chi connectivity index (χ0) is 18.7. The highest BCUT2D eigenvalue weighted by Gasteiger charge is 2.24. The van der Waals surface area contributed by atoms with E-state index in [1.54, 1.807) is 35.9 Å². The molecular formula is C19H19N5O2. The number of primary amides is 1. The molecule has 7 heteroatoms.